The predicted molar refractivity (Wildman–Crippen MR) is 127 cm³/mol. The molecule has 0 unspecified atom stereocenters. The number of hydrogen-bond donors (Lipinski definition) is 0. The van der Waals surface area contributed by atoms with Gasteiger partial charge in [-0.3, -0.25) is 19.4 Å². The van der Waals surface area contributed by atoms with E-state index in [1.807, 2.05) is 22.4 Å². The van der Waals surface area contributed by atoms with Crippen LogP contribution in [0.3, 0.4) is 0 Å². The summed E-state index contributed by atoms with van der Waals surface area (Å²) >= 11 is 1.55. The molecule has 2 aliphatic rings. The predicted octanol–water partition coefficient (Wildman–Crippen LogP) is 2.17. The van der Waals surface area contributed by atoms with Gasteiger partial charge >= 0.3 is 0 Å². The maximum Gasteiger partial charge on any atom is 0.257 e. The molecule has 2 aromatic heterocycles. The van der Waals surface area contributed by atoms with Gasteiger partial charge in [0.25, 0.3) is 5.89 Å². The van der Waals surface area contributed by atoms with Gasteiger partial charge < -0.3 is 14.2 Å². The first-order valence-corrected chi connectivity index (χ1v) is 12.9. The van der Waals surface area contributed by atoms with Crippen LogP contribution >= 0.6 is 11.3 Å². The number of aromatic nitrogens is 2. The minimum atomic E-state index is 0.0746. The zero-order valence-corrected chi connectivity index (χ0v) is 20.3. The van der Waals surface area contributed by atoms with E-state index in [9.17, 15) is 9.59 Å². The summed E-state index contributed by atoms with van der Waals surface area (Å²) in [6.07, 6.45) is 4.33. The van der Waals surface area contributed by atoms with Crippen LogP contribution in [-0.4, -0.2) is 101 Å². The molecule has 4 rings (SSSR count). The lowest BCUT2D eigenvalue weighted by molar-refractivity contribution is -0.136. The molecule has 0 aromatic carbocycles. The quantitative estimate of drug-likeness (QED) is 0.551. The maximum atomic E-state index is 13.0. The van der Waals surface area contributed by atoms with Crippen molar-refractivity contribution >= 4 is 23.2 Å². The van der Waals surface area contributed by atoms with Gasteiger partial charge in [-0.2, -0.15) is 0 Å². The van der Waals surface area contributed by atoms with E-state index in [4.69, 9.17) is 4.42 Å². The van der Waals surface area contributed by atoms with E-state index in [-0.39, 0.29) is 11.8 Å². The second-order valence-electron chi connectivity index (χ2n) is 8.79. The Morgan fingerprint density at radius 2 is 1.76 bits per heavy atom. The summed E-state index contributed by atoms with van der Waals surface area (Å²) in [5.41, 5.74) is 0. The van der Waals surface area contributed by atoms with Gasteiger partial charge in [-0.05, 0) is 37.1 Å². The molecule has 0 atom stereocenters. The minimum absolute atomic E-state index is 0.0746. The fraction of sp³-hybridized carbons (Fsp3) is 0.652. The highest BCUT2D eigenvalue weighted by atomic mass is 32.1. The summed E-state index contributed by atoms with van der Waals surface area (Å²) < 4.78 is 5.78. The van der Waals surface area contributed by atoms with Gasteiger partial charge in [-0.1, -0.05) is 13.0 Å². The lowest BCUT2D eigenvalue weighted by Crippen LogP contribution is -2.52. The Bertz CT molecular complexity index is 888. The fourth-order valence-corrected chi connectivity index (χ4v) is 5.02. The van der Waals surface area contributed by atoms with Crippen LogP contribution in [0.15, 0.2) is 21.9 Å². The number of nitrogens with zero attached hydrogens (tertiary/aromatic N) is 6. The zero-order valence-electron chi connectivity index (χ0n) is 19.4. The van der Waals surface area contributed by atoms with Crippen molar-refractivity contribution in [3.8, 4) is 10.8 Å². The summed E-state index contributed by atoms with van der Waals surface area (Å²) in [6.45, 7) is 8.92. The highest BCUT2D eigenvalue weighted by molar-refractivity contribution is 7.13. The number of amides is 2. The number of thiophene rings is 1. The van der Waals surface area contributed by atoms with Crippen LogP contribution in [-0.2, 0) is 16.1 Å². The third-order valence-corrected chi connectivity index (χ3v) is 7.12. The second-order valence-corrected chi connectivity index (χ2v) is 9.73. The summed E-state index contributed by atoms with van der Waals surface area (Å²) in [7, 11) is 0. The van der Waals surface area contributed by atoms with Gasteiger partial charge in [0.2, 0.25) is 17.7 Å². The minimum Gasteiger partial charge on any atom is -0.418 e. The smallest absolute Gasteiger partial charge is 0.257 e. The van der Waals surface area contributed by atoms with Crippen molar-refractivity contribution in [2.45, 2.75) is 39.2 Å². The van der Waals surface area contributed by atoms with E-state index in [1.165, 1.54) is 6.42 Å². The number of piperazine rings is 1. The maximum absolute atomic E-state index is 13.0. The Morgan fingerprint density at radius 1 is 1.03 bits per heavy atom. The van der Waals surface area contributed by atoms with Crippen molar-refractivity contribution < 1.29 is 14.0 Å². The number of carbonyl (C=O) groups is 2. The molecule has 2 aromatic rings. The summed E-state index contributed by atoms with van der Waals surface area (Å²) in [5, 5.41) is 10.2. The van der Waals surface area contributed by atoms with Crippen LogP contribution in [0.2, 0.25) is 0 Å². The second kappa shape index (κ2) is 11.7. The van der Waals surface area contributed by atoms with Crippen LogP contribution in [0.4, 0.5) is 0 Å². The van der Waals surface area contributed by atoms with Gasteiger partial charge in [0, 0.05) is 45.8 Å². The largest absolute Gasteiger partial charge is 0.418 e. The number of piperidine rings is 1. The molecule has 180 valence electrons. The molecule has 0 N–H and O–H groups in total. The van der Waals surface area contributed by atoms with Gasteiger partial charge in [0.15, 0.2) is 0 Å². The van der Waals surface area contributed by atoms with Crippen LogP contribution < -0.4 is 0 Å². The monoisotopic (exact) mass is 474 g/mol. The molecule has 33 heavy (non-hydrogen) atoms. The average Bonchev–Trinajstić information content (AvgIpc) is 3.53. The molecule has 2 saturated heterocycles. The summed E-state index contributed by atoms with van der Waals surface area (Å²) in [5.74, 6) is 1.28. The van der Waals surface area contributed by atoms with E-state index in [2.05, 4.69) is 26.9 Å². The Labute approximate surface area is 199 Å². The molecular formula is C23H34N6O3S. The number of hydrogen-bond acceptors (Lipinski definition) is 8. The van der Waals surface area contributed by atoms with E-state index in [0.29, 0.717) is 38.0 Å². The fourth-order valence-electron chi connectivity index (χ4n) is 4.37. The first-order chi connectivity index (χ1) is 16.1. The van der Waals surface area contributed by atoms with E-state index < -0.39 is 0 Å². The van der Waals surface area contributed by atoms with Gasteiger partial charge in [0.05, 0.1) is 24.5 Å². The number of likely N-dealkylation sites (tertiary alicyclic amines) is 1. The van der Waals surface area contributed by atoms with Crippen LogP contribution in [0.25, 0.3) is 10.8 Å². The van der Waals surface area contributed by atoms with Gasteiger partial charge in [0.1, 0.15) is 0 Å². The Kier molecular flexibility index (Phi) is 8.46. The highest BCUT2D eigenvalue weighted by Gasteiger charge is 2.25. The molecule has 4 heterocycles. The lowest BCUT2D eigenvalue weighted by Gasteiger charge is -2.36. The average molecular weight is 475 g/mol. The Balaban J connectivity index is 1.24. The van der Waals surface area contributed by atoms with Crippen LogP contribution in [0.1, 0.15) is 38.5 Å². The SMILES string of the molecule is CCCN(Cc1nnc(-c2cccs2)o1)C(=O)CN1CCN(CC(=O)N2CCCCC2)CC1. The van der Waals surface area contributed by atoms with Gasteiger partial charge in [-0.15, -0.1) is 21.5 Å². The molecule has 2 aliphatic heterocycles. The topological polar surface area (TPSA) is 86.0 Å². The van der Waals surface area contributed by atoms with Crippen LogP contribution in [0.5, 0.6) is 0 Å². The van der Waals surface area contributed by atoms with Crippen molar-refractivity contribution in [2.24, 2.45) is 0 Å². The first kappa shape index (κ1) is 23.8. The molecular weight excluding hydrogens is 440 g/mol. The highest BCUT2D eigenvalue weighted by Crippen LogP contribution is 2.23. The normalized spacial score (nSPS) is 17.9. The first-order valence-electron chi connectivity index (χ1n) is 12.0. The zero-order chi connectivity index (χ0) is 23.0. The molecule has 0 aliphatic carbocycles. The third-order valence-electron chi connectivity index (χ3n) is 6.26. The lowest BCUT2D eigenvalue weighted by atomic mass is 10.1. The van der Waals surface area contributed by atoms with Crippen molar-refractivity contribution in [3.05, 3.63) is 23.4 Å². The molecule has 2 fully saturated rings. The molecule has 0 spiro atoms. The van der Waals surface area contributed by atoms with Gasteiger partial charge in [-0.25, -0.2) is 0 Å². The Hall–Kier alpha value is -2.30. The van der Waals surface area contributed by atoms with Crippen molar-refractivity contribution in [1.82, 2.24) is 29.8 Å². The number of carbonyl (C=O) groups excluding carboxylic acids is 2. The standard InChI is InChI=1S/C23H34N6O3S/c1-2-8-29(16-20-24-25-23(32-20)19-7-6-15-33-19)22(31)18-27-13-11-26(12-14-27)17-21(30)28-9-4-3-5-10-28/h6-7,15H,2-5,8-14,16-18H2,1H3. The van der Waals surface area contributed by atoms with Crippen molar-refractivity contribution in [1.29, 1.82) is 0 Å². The molecule has 10 heteroatoms. The third kappa shape index (κ3) is 6.61. The van der Waals surface area contributed by atoms with Crippen molar-refractivity contribution in [3.63, 3.8) is 0 Å². The van der Waals surface area contributed by atoms with Crippen LogP contribution in [0, 0.1) is 0 Å². The molecule has 0 saturated carbocycles. The Morgan fingerprint density at radius 3 is 2.42 bits per heavy atom. The van der Waals surface area contributed by atoms with E-state index in [0.717, 1.165) is 63.4 Å². The molecule has 0 bridgehead atoms. The van der Waals surface area contributed by atoms with Crippen molar-refractivity contribution in [2.75, 3.05) is 58.9 Å². The summed E-state index contributed by atoms with van der Waals surface area (Å²) in [4.78, 5) is 34.7. The molecule has 2 amide bonds. The summed E-state index contributed by atoms with van der Waals surface area (Å²) in [6, 6.07) is 3.89. The molecule has 9 nitrogen and oxygen atoms in total. The number of rotatable bonds is 9. The van der Waals surface area contributed by atoms with E-state index >= 15 is 0 Å². The van der Waals surface area contributed by atoms with E-state index in [1.54, 1.807) is 16.2 Å². The molecule has 0 radical (unpaired) electrons.